The predicted molar refractivity (Wildman–Crippen MR) is 63.8 cm³/mol. The third-order valence-electron chi connectivity index (χ3n) is 2.99. The van der Waals surface area contributed by atoms with E-state index in [0.29, 0.717) is 6.61 Å². The van der Waals surface area contributed by atoms with Crippen molar-refractivity contribution >= 4 is 0 Å². The van der Waals surface area contributed by atoms with E-state index in [1.807, 2.05) is 30.3 Å². The number of benzene rings is 1. The lowest BCUT2D eigenvalue weighted by molar-refractivity contribution is -0.168. The van der Waals surface area contributed by atoms with Gasteiger partial charge in [-0.1, -0.05) is 30.3 Å². The third kappa shape index (κ3) is 2.88. The summed E-state index contributed by atoms with van der Waals surface area (Å²) in [6.45, 7) is 0.107. The molecule has 0 saturated carbocycles. The van der Waals surface area contributed by atoms with Crippen molar-refractivity contribution in [2.75, 3.05) is 13.7 Å². The Morgan fingerprint density at radius 3 is 2.61 bits per heavy atom. The van der Waals surface area contributed by atoms with Gasteiger partial charge in [-0.15, -0.1) is 0 Å². The van der Waals surface area contributed by atoms with Gasteiger partial charge in [0.1, 0.15) is 18.3 Å². The lowest BCUT2D eigenvalue weighted by atomic mass is 10.1. The van der Waals surface area contributed by atoms with Crippen molar-refractivity contribution in [3.63, 3.8) is 0 Å². The van der Waals surface area contributed by atoms with Crippen LogP contribution in [0.25, 0.3) is 0 Å². The zero-order chi connectivity index (χ0) is 13.0. The second kappa shape index (κ2) is 6.26. The highest BCUT2D eigenvalue weighted by molar-refractivity contribution is 5.13. The minimum absolute atomic E-state index is 0.258. The molecule has 0 aliphatic carbocycles. The highest BCUT2D eigenvalue weighted by Gasteiger charge is 2.44. The van der Waals surface area contributed by atoms with Crippen LogP contribution in [0.5, 0.6) is 0 Å². The van der Waals surface area contributed by atoms with E-state index < -0.39 is 24.6 Å². The summed E-state index contributed by atoms with van der Waals surface area (Å²) in [4.78, 5) is 0. The first-order valence-electron chi connectivity index (χ1n) is 5.89. The molecule has 0 aromatic heterocycles. The standard InChI is InChI=1S/C13H18O5/c1-16-13-12(11(15)10(7-14)18-13)17-8-9-5-3-2-4-6-9/h2-6,10-15H,7-8H2,1H3/t10-,11-,12+,13?/m1/s1. The van der Waals surface area contributed by atoms with E-state index in [9.17, 15) is 5.11 Å². The first kappa shape index (κ1) is 13.5. The fourth-order valence-electron chi connectivity index (χ4n) is 1.99. The number of ether oxygens (including phenoxy) is 3. The Morgan fingerprint density at radius 1 is 1.28 bits per heavy atom. The normalized spacial score (nSPS) is 31.7. The Labute approximate surface area is 106 Å². The molecular weight excluding hydrogens is 236 g/mol. The second-order valence-corrected chi connectivity index (χ2v) is 4.21. The summed E-state index contributed by atoms with van der Waals surface area (Å²) in [6, 6.07) is 9.65. The number of aliphatic hydroxyl groups is 2. The van der Waals surface area contributed by atoms with Crippen molar-refractivity contribution in [1.82, 2.24) is 0 Å². The monoisotopic (exact) mass is 254 g/mol. The summed E-state index contributed by atoms with van der Waals surface area (Å²) in [7, 11) is 1.48. The highest BCUT2D eigenvalue weighted by Crippen LogP contribution is 2.25. The van der Waals surface area contributed by atoms with Gasteiger partial charge in [-0.05, 0) is 5.56 Å². The van der Waals surface area contributed by atoms with Gasteiger partial charge in [-0.25, -0.2) is 0 Å². The molecule has 1 aromatic rings. The van der Waals surface area contributed by atoms with Crippen molar-refractivity contribution < 1.29 is 24.4 Å². The first-order valence-corrected chi connectivity index (χ1v) is 5.89. The van der Waals surface area contributed by atoms with E-state index in [0.717, 1.165) is 5.56 Å². The molecule has 5 nitrogen and oxygen atoms in total. The summed E-state index contributed by atoms with van der Waals surface area (Å²) in [5.41, 5.74) is 1.01. The molecule has 1 aromatic carbocycles. The summed E-state index contributed by atoms with van der Waals surface area (Å²) in [5.74, 6) is 0. The van der Waals surface area contributed by atoms with Gasteiger partial charge in [-0.2, -0.15) is 0 Å². The van der Waals surface area contributed by atoms with Crippen LogP contribution < -0.4 is 0 Å². The maximum atomic E-state index is 9.94. The van der Waals surface area contributed by atoms with Gasteiger partial charge in [0.2, 0.25) is 0 Å². The molecule has 2 N–H and O–H groups in total. The summed E-state index contributed by atoms with van der Waals surface area (Å²) < 4.78 is 16.0. The van der Waals surface area contributed by atoms with Crippen molar-refractivity contribution in [3.05, 3.63) is 35.9 Å². The molecule has 4 atom stereocenters. The molecule has 1 aliphatic rings. The molecule has 0 radical (unpaired) electrons. The van der Waals surface area contributed by atoms with Crippen LogP contribution in [0.1, 0.15) is 5.56 Å². The van der Waals surface area contributed by atoms with Gasteiger partial charge in [0.15, 0.2) is 6.29 Å². The quantitative estimate of drug-likeness (QED) is 0.791. The maximum absolute atomic E-state index is 9.94. The third-order valence-corrected chi connectivity index (χ3v) is 2.99. The van der Waals surface area contributed by atoms with Crippen LogP contribution >= 0.6 is 0 Å². The Kier molecular flexibility index (Phi) is 4.68. The fraction of sp³-hybridized carbons (Fsp3) is 0.538. The molecule has 1 saturated heterocycles. The molecule has 1 fully saturated rings. The Bertz CT molecular complexity index is 354. The van der Waals surface area contributed by atoms with Gasteiger partial charge in [0.05, 0.1) is 13.2 Å². The van der Waals surface area contributed by atoms with Crippen LogP contribution in [0.15, 0.2) is 30.3 Å². The number of methoxy groups -OCH3 is 1. The fourth-order valence-corrected chi connectivity index (χ4v) is 1.99. The van der Waals surface area contributed by atoms with E-state index in [4.69, 9.17) is 19.3 Å². The van der Waals surface area contributed by atoms with Crippen LogP contribution in [0.4, 0.5) is 0 Å². The maximum Gasteiger partial charge on any atom is 0.186 e. The molecule has 0 amide bonds. The molecule has 5 heteroatoms. The van der Waals surface area contributed by atoms with Crippen molar-refractivity contribution in [2.24, 2.45) is 0 Å². The lowest BCUT2D eigenvalue weighted by Gasteiger charge is -2.19. The van der Waals surface area contributed by atoms with Crippen LogP contribution in [-0.2, 0) is 20.8 Å². The average Bonchev–Trinajstić information content (AvgIpc) is 2.73. The summed E-state index contributed by atoms with van der Waals surface area (Å²) in [5, 5.41) is 19.0. The zero-order valence-corrected chi connectivity index (χ0v) is 10.2. The molecule has 0 spiro atoms. The minimum Gasteiger partial charge on any atom is -0.394 e. The van der Waals surface area contributed by atoms with Crippen molar-refractivity contribution in [3.8, 4) is 0 Å². The largest absolute Gasteiger partial charge is 0.394 e. The van der Waals surface area contributed by atoms with Gasteiger partial charge < -0.3 is 24.4 Å². The van der Waals surface area contributed by atoms with E-state index >= 15 is 0 Å². The van der Waals surface area contributed by atoms with E-state index in [2.05, 4.69) is 0 Å². The molecule has 100 valence electrons. The molecule has 18 heavy (non-hydrogen) atoms. The minimum atomic E-state index is -0.885. The number of aliphatic hydroxyl groups excluding tert-OH is 2. The smallest absolute Gasteiger partial charge is 0.186 e. The Hall–Kier alpha value is -0.980. The Morgan fingerprint density at radius 2 is 2.00 bits per heavy atom. The average molecular weight is 254 g/mol. The second-order valence-electron chi connectivity index (χ2n) is 4.21. The van der Waals surface area contributed by atoms with E-state index in [1.165, 1.54) is 7.11 Å². The van der Waals surface area contributed by atoms with Crippen LogP contribution in [0, 0.1) is 0 Å². The van der Waals surface area contributed by atoms with Gasteiger partial charge >= 0.3 is 0 Å². The van der Waals surface area contributed by atoms with Crippen LogP contribution in [0.2, 0.25) is 0 Å². The molecule has 1 aliphatic heterocycles. The van der Waals surface area contributed by atoms with E-state index in [-0.39, 0.29) is 6.61 Å². The van der Waals surface area contributed by atoms with Crippen molar-refractivity contribution in [1.29, 1.82) is 0 Å². The van der Waals surface area contributed by atoms with Gasteiger partial charge in [0.25, 0.3) is 0 Å². The summed E-state index contributed by atoms with van der Waals surface area (Å²) >= 11 is 0. The van der Waals surface area contributed by atoms with Gasteiger partial charge in [0, 0.05) is 7.11 Å². The lowest BCUT2D eigenvalue weighted by Crippen LogP contribution is -2.36. The number of rotatable bonds is 5. The molecule has 2 rings (SSSR count). The zero-order valence-electron chi connectivity index (χ0n) is 10.2. The number of hydrogen-bond donors (Lipinski definition) is 2. The SMILES string of the molecule is COC1O[C@H](CO)[C@@H](O)[C@@H]1OCc1ccccc1. The molecule has 0 bridgehead atoms. The van der Waals surface area contributed by atoms with E-state index in [1.54, 1.807) is 0 Å². The summed E-state index contributed by atoms with van der Waals surface area (Å²) in [6.07, 6.45) is -2.78. The molecule has 1 heterocycles. The predicted octanol–water partition coefficient (Wildman–Crippen LogP) is 0.296. The highest BCUT2D eigenvalue weighted by atomic mass is 16.7. The van der Waals surface area contributed by atoms with Crippen molar-refractivity contribution in [2.45, 2.75) is 31.2 Å². The number of hydrogen-bond acceptors (Lipinski definition) is 5. The Balaban J connectivity index is 1.95. The first-order chi connectivity index (χ1) is 8.76. The van der Waals surface area contributed by atoms with Crippen LogP contribution in [0.3, 0.4) is 0 Å². The van der Waals surface area contributed by atoms with Crippen LogP contribution in [-0.4, -0.2) is 48.5 Å². The molecule has 1 unspecified atom stereocenters. The topological polar surface area (TPSA) is 68.2 Å². The molecular formula is C13H18O5. The van der Waals surface area contributed by atoms with Gasteiger partial charge in [-0.3, -0.25) is 0 Å².